The number of carboxylic acid groups (broad SMARTS) is 1. The van der Waals surface area contributed by atoms with Gasteiger partial charge in [-0.1, -0.05) is 38.3 Å². The molecule has 1 saturated carbocycles. The predicted molar refractivity (Wildman–Crippen MR) is 102 cm³/mol. The minimum atomic E-state index is -1.17. The lowest BCUT2D eigenvalue weighted by molar-refractivity contribution is -0.313. The first-order chi connectivity index (χ1) is 13.5. The number of esters is 1. The van der Waals surface area contributed by atoms with Gasteiger partial charge in [0.15, 0.2) is 0 Å². The molecule has 0 unspecified atom stereocenters. The van der Waals surface area contributed by atoms with Crippen LogP contribution in [0.1, 0.15) is 49.4 Å². The summed E-state index contributed by atoms with van der Waals surface area (Å²) in [4.78, 5) is 36.1. The van der Waals surface area contributed by atoms with Gasteiger partial charge in [0.1, 0.15) is 0 Å². The number of nitrogens with one attached hydrogen (secondary N) is 1. The number of carboxylic acids is 1. The van der Waals surface area contributed by atoms with Gasteiger partial charge in [-0.05, 0) is 48.9 Å². The molecule has 0 spiro atoms. The molecule has 1 aromatic carbocycles. The molecule has 0 saturated heterocycles. The van der Waals surface area contributed by atoms with Gasteiger partial charge in [0.25, 0.3) is 0 Å². The van der Waals surface area contributed by atoms with Crippen molar-refractivity contribution in [1.82, 2.24) is 0 Å². The van der Waals surface area contributed by atoms with Gasteiger partial charge in [-0.15, -0.1) is 0 Å². The van der Waals surface area contributed by atoms with Crippen LogP contribution in [0.2, 0.25) is 0 Å². The minimum absolute atomic E-state index is 0.0603. The molecular formula is C22H26NO5-. The second kappa shape index (κ2) is 9.04. The Kier molecular flexibility index (Phi) is 6.49. The van der Waals surface area contributed by atoms with Crippen LogP contribution in [0.4, 0.5) is 5.69 Å². The lowest BCUT2D eigenvalue weighted by Crippen LogP contribution is -2.42. The molecule has 0 aliphatic heterocycles. The third kappa shape index (κ3) is 4.43. The standard InChI is InChI=1S/C22H27NO5/c1-2-3-4-5-12-28-22(27)14-8-10-17(11-9-14)23-20(24)18-15-6-7-16(13-15)19(18)21(25)26/h6-11,15-16,18-19H,2-5,12-13H2,1H3,(H,23,24)(H,25,26)/p-1/t15-,16+,18-,19+/m1/s1. The summed E-state index contributed by atoms with van der Waals surface area (Å²) in [6, 6.07) is 6.45. The highest BCUT2D eigenvalue weighted by Gasteiger charge is 2.48. The zero-order valence-corrected chi connectivity index (χ0v) is 16.1. The molecule has 0 aromatic heterocycles. The lowest BCUT2D eigenvalue weighted by Gasteiger charge is -2.27. The first kappa shape index (κ1) is 20.1. The summed E-state index contributed by atoms with van der Waals surface area (Å²) >= 11 is 0. The molecule has 28 heavy (non-hydrogen) atoms. The highest BCUT2D eigenvalue weighted by molar-refractivity contribution is 5.97. The number of hydrogen-bond acceptors (Lipinski definition) is 5. The molecule has 4 atom stereocenters. The van der Waals surface area contributed by atoms with Gasteiger partial charge in [-0.3, -0.25) is 4.79 Å². The molecule has 3 rings (SSSR count). The maximum absolute atomic E-state index is 12.6. The topological polar surface area (TPSA) is 95.5 Å². The van der Waals surface area contributed by atoms with E-state index in [0.717, 1.165) is 25.7 Å². The molecule has 1 aromatic rings. The second-order valence-corrected chi connectivity index (χ2v) is 7.58. The monoisotopic (exact) mass is 384 g/mol. The molecule has 2 aliphatic carbocycles. The Hall–Kier alpha value is -2.63. The Morgan fingerprint density at radius 3 is 2.36 bits per heavy atom. The van der Waals surface area contributed by atoms with Crippen molar-refractivity contribution < 1.29 is 24.2 Å². The molecule has 150 valence electrons. The van der Waals surface area contributed by atoms with Gasteiger partial charge in [0.05, 0.1) is 18.1 Å². The van der Waals surface area contributed by atoms with E-state index in [-0.39, 0.29) is 23.7 Å². The number of benzene rings is 1. The number of fused-ring (bicyclic) bond motifs is 2. The van der Waals surface area contributed by atoms with E-state index >= 15 is 0 Å². The molecule has 1 amide bonds. The van der Waals surface area contributed by atoms with E-state index < -0.39 is 17.8 Å². The lowest BCUT2D eigenvalue weighted by atomic mass is 9.82. The summed E-state index contributed by atoms with van der Waals surface area (Å²) in [5.74, 6) is -3.46. The average molecular weight is 384 g/mol. The fourth-order valence-electron chi connectivity index (χ4n) is 4.19. The Bertz CT molecular complexity index is 755. The highest BCUT2D eigenvalue weighted by Crippen LogP contribution is 2.48. The smallest absolute Gasteiger partial charge is 0.338 e. The van der Waals surface area contributed by atoms with E-state index in [4.69, 9.17) is 4.74 Å². The third-order valence-electron chi connectivity index (χ3n) is 5.65. The molecule has 2 bridgehead atoms. The number of aliphatic carboxylic acids is 1. The maximum Gasteiger partial charge on any atom is 0.338 e. The number of amides is 1. The van der Waals surface area contributed by atoms with Gasteiger partial charge >= 0.3 is 5.97 Å². The maximum atomic E-state index is 12.6. The summed E-state index contributed by atoms with van der Waals surface area (Å²) in [5, 5.41) is 14.2. The van der Waals surface area contributed by atoms with Crippen LogP contribution >= 0.6 is 0 Å². The van der Waals surface area contributed by atoms with Crippen LogP contribution in [-0.2, 0) is 14.3 Å². The SMILES string of the molecule is CCCCCCOC(=O)c1ccc(NC(=O)[C@H]2[C@@H](C(=O)[O-])[C@H]3C=C[C@@H]2C3)cc1. The molecule has 0 heterocycles. The number of carbonyl (C=O) groups excluding carboxylic acids is 3. The van der Waals surface area contributed by atoms with Gasteiger partial charge in [-0.2, -0.15) is 0 Å². The highest BCUT2D eigenvalue weighted by atomic mass is 16.5. The van der Waals surface area contributed by atoms with Crippen molar-refractivity contribution in [2.24, 2.45) is 23.7 Å². The number of rotatable bonds is 9. The van der Waals surface area contributed by atoms with Crippen molar-refractivity contribution >= 4 is 23.5 Å². The normalized spacial score (nSPS) is 24.9. The number of carbonyl (C=O) groups is 3. The summed E-state index contributed by atoms with van der Waals surface area (Å²) in [5.41, 5.74) is 0.942. The van der Waals surface area contributed by atoms with E-state index in [1.54, 1.807) is 24.3 Å². The van der Waals surface area contributed by atoms with Crippen LogP contribution in [0.25, 0.3) is 0 Å². The Morgan fingerprint density at radius 2 is 1.71 bits per heavy atom. The second-order valence-electron chi connectivity index (χ2n) is 7.58. The number of hydrogen-bond donors (Lipinski definition) is 1. The molecule has 1 fully saturated rings. The molecular weight excluding hydrogens is 358 g/mol. The zero-order valence-electron chi connectivity index (χ0n) is 16.1. The number of allylic oxidation sites excluding steroid dienone is 2. The van der Waals surface area contributed by atoms with Crippen molar-refractivity contribution in [1.29, 1.82) is 0 Å². The first-order valence-corrected chi connectivity index (χ1v) is 9.98. The first-order valence-electron chi connectivity index (χ1n) is 9.98. The molecule has 6 nitrogen and oxygen atoms in total. The van der Waals surface area contributed by atoms with E-state index in [1.807, 2.05) is 12.2 Å². The van der Waals surface area contributed by atoms with Crippen molar-refractivity contribution in [2.45, 2.75) is 39.0 Å². The van der Waals surface area contributed by atoms with Crippen molar-refractivity contribution in [3.8, 4) is 0 Å². The molecule has 2 aliphatic rings. The van der Waals surface area contributed by atoms with E-state index in [1.165, 1.54) is 0 Å². The Morgan fingerprint density at radius 1 is 1.04 bits per heavy atom. The van der Waals surface area contributed by atoms with Gasteiger partial charge in [0.2, 0.25) is 5.91 Å². The fraction of sp³-hybridized carbons (Fsp3) is 0.500. The quantitative estimate of drug-likeness (QED) is 0.401. The van der Waals surface area contributed by atoms with Crippen LogP contribution < -0.4 is 10.4 Å². The minimum Gasteiger partial charge on any atom is -0.550 e. The Balaban J connectivity index is 1.54. The van der Waals surface area contributed by atoms with E-state index in [2.05, 4.69) is 12.2 Å². The molecule has 1 N–H and O–H groups in total. The van der Waals surface area contributed by atoms with Crippen LogP contribution in [0, 0.1) is 23.7 Å². The van der Waals surface area contributed by atoms with Gasteiger partial charge in [-0.25, -0.2) is 4.79 Å². The van der Waals surface area contributed by atoms with Crippen LogP contribution in [0.5, 0.6) is 0 Å². The predicted octanol–water partition coefficient (Wildman–Crippen LogP) is 2.55. The summed E-state index contributed by atoms with van der Waals surface area (Å²) in [7, 11) is 0. The largest absolute Gasteiger partial charge is 0.550 e. The van der Waals surface area contributed by atoms with Gasteiger partial charge < -0.3 is 20.0 Å². The average Bonchev–Trinajstić information content (AvgIpc) is 3.29. The molecule has 0 radical (unpaired) electrons. The van der Waals surface area contributed by atoms with E-state index in [9.17, 15) is 19.5 Å². The van der Waals surface area contributed by atoms with Crippen molar-refractivity contribution in [3.63, 3.8) is 0 Å². The summed E-state index contributed by atoms with van der Waals surface area (Å²) in [6.07, 6.45) is 8.63. The third-order valence-corrected chi connectivity index (χ3v) is 5.65. The fourth-order valence-corrected chi connectivity index (χ4v) is 4.19. The number of ether oxygens (including phenoxy) is 1. The summed E-state index contributed by atoms with van der Waals surface area (Å²) in [6.45, 7) is 2.53. The van der Waals surface area contributed by atoms with Crippen LogP contribution in [0.15, 0.2) is 36.4 Å². The van der Waals surface area contributed by atoms with E-state index in [0.29, 0.717) is 24.3 Å². The molecule has 6 heteroatoms. The summed E-state index contributed by atoms with van der Waals surface area (Å²) < 4.78 is 5.24. The van der Waals surface area contributed by atoms with Crippen LogP contribution in [-0.4, -0.2) is 24.5 Å². The van der Waals surface area contributed by atoms with Gasteiger partial charge in [0, 0.05) is 17.6 Å². The van der Waals surface area contributed by atoms with Crippen molar-refractivity contribution in [3.05, 3.63) is 42.0 Å². The van der Waals surface area contributed by atoms with Crippen LogP contribution in [0.3, 0.4) is 0 Å². The number of unbranched alkanes of at least 4 members (excludes halogenated alkanes) is 3. The zero-order chi connectivity index (χ0) is 20.1. The van der Waals surface area contributed by atoms with Crippen molar-refractivity contribution in [2.75, 3.05) is 11.9 Å². The number of anilines is 1. The Labute approximate surface area is 165 Å².